The SMILES string of the molecule is CN(C)CCC(CCN(C)C)=NOC(=O)c1ccccc1. The monoisotopic (exact) mass is 291 g/mol. The predicted octanol–water partition coefficient (Wildman–Crippen LogP) is 2.10. The van der Waals surface area contributed by atoms with Gasteiger partial charge in [0.15, 0.2) is 0 Å². The van der Waals surface area contributed by atoms with Crippen molar-refractivity contribution in [2.24, 2.45) is 5.16 Å². The summed E-state index contributed by atoms with van der Waals surface area (Å²) in [6.07, 6.45) is 1.59. The van der Waals surface area contributed by atoms with Crippen LogP contribution in [-0.2, 0) is 4.84 Å². The van der Waals surface area contributed by atoms with Gasteiger partial charge >= 0.3 is 5.97 Å². The van der Waals surface area contributed by atoms with Crippen LogP contribution in [0.2, 0.25) is 0 Å². The van der Waals surface area contributed by atoms with Crippen LogP contribution in [0.5, 0.6) is 0 Å². The van der Waals surface area contributed by atoms with Crippen molar-refractivity contribution in [3.63, 3.8) is 0 Å². The van der Waals surface area contributed by atoms with Crippen molar-refractivity contribution >= 4 is 11.7 Å². The molecule has 0 N–H and O–H groups in total. The molecular weight excluding hydrogens is 266 g/mol. The first kappa shape index (κ1) is 17.3. The Kier molecular flexibility index (Phi) is 7.64. The number of hydrogen-bond acceptors (Lipinski definition) is 5. The van der Waals surface area contributed by atoms with Gasteiger partial charge in [-0.1, -0.05) is 23.4 Å². The molecule has 0 atom stereocenters. The Hall–Kier alpha value is -1.72. The highest BCUT2D eigenvalue weighted by molar-refractivity contribution is 5.90. The van der Waals surface area contributed by atoms with Crippen molar-refractivity contribution < 1.29 is 9.63 Å². The van der Waals surface area contributed by atoms with Gasteiger partial charge in [-0.15, -0.1) is 0 Å². The fraction of sp³-hybridized carbons (Fsp3) is 0.500. The quantitative estimate of drug-likeness (QED) is 0.418. The van der Waals surface area contributed by atoms with Gasteiger partial charge < -0.3 is 14.6 Å². The van der Waals surface area contributed by atoms with Gasteiger partial charge in [-0.25, -0.2) is 4.79 Å². The lowest BCUT2D eigenvalue weighted by atomic mass is 10.2. The molecule has 0 bridgehead atoms. The molecule has 1 rings (SSSR count). The predicted molar refractivity (Wildman–Crippen MR) is 85.6 cm³/mol. The second-order valence-corrected chi connectivity index (χ2v) is 5.51. The van der Waals surface area contributed by atoms with Crippen molar-refractivity contribution in [1.82, 2.24) is 9.80 Å². The Morgan fingerprint density at radius 1 is 1.00 bits per heavy atom. The van der Waals surface area contributed by atoms with E-state index in [-0.39, 0.29) is 0 Å². The Morgan fingerprint density at radius 3 is 2.00 bits per heavy atom. The molecule has 1 aromatic carbocycles. The van der Waals surface area contributed by atoms with E-state index >= 15 is 0 Å². The second-order valence-electron chi connectivity index (χ2n) is 5.51. The average Bonchev–Trinajstić information content (AvgIpc) is 2.46. The number of carbonyl (C=O) groups excluding carboxylic acids is 1. The topological polar surface area (TPSA) is 45.1 Å². The van der Waals surface area contributed by atoms with Crippen molar-refractivity contribution in [2.45, 2.75) is 12.8 Å². The van der Waals surface area contributed by atoms with E-state index in [1.807, 2.05) is 34.3 Å². The summed E-state index contributed by atoms with van der Waals surface area (Å²) in [7, 11) is 8.05. The molecule has 1 aromatic rings. The molecule has 116 valence electrons. The molecule has 0 heterocycles. The van der Waals surface area contributed by atoms with Gasteiger partial charge in [0.05, 0.1) is 11.3 Å². The van der Waals surface area contributed by atoms with E-state index in [4.69, 9.17) is 4.84 Å². The van der Waals surface area contributed by atoms with Crippen LogP contribution in [-0.4, -0.2) is 62.8 Å². The Bertz CT molecular complexity index is 442. The Morgan fingerprint density at radius 2 is 1.52 bits per heavy atom. The zero-order valence-electron chi connectivity index (χ0n) is 13.4. The molecule has 0 aliphatic heterocycles. The summed E-state index contributed by atoms with van der Waals surface area (Å²) in [5.74, 6) is -0.414. The van der Waals surface area contributed by atoms with E-state index in [9.17, 15) is 4.79 Å². The van der Waals surface area contributed by atoms with E-state index in [0.717, 1.165) is 31.6 Å². The van der Waals surface area contributed by atoms with Gasteiger partial charge in [-0.2, -0.15) is 0 Å². The highest BCUT2D eigenvalue weighted by Crippen LogP contribution is 2.03. The summed E-state index contributed by atoms with van der Waals surface area (Å²) in [6.45, 7) is 1.77. The van der Waals surface area contributed by atoms with Crippen molar-refractivity contribution in [3.05, 3.63) is 35.9 Å². The third-order valence-corrected chi connectivity index (χ3v) is 2.96. The smallest absolute Gasteiger partial charge is 0.313 e. The Balaban J connectivity index is 2.61. The number of hydrogen-bond donors (Lipinski definition) is 0. The minimum Gasteiger partial charge on any atom is -0.313 e. The highest BCUT2D eigenvalue weighted by Gasteiger charge is 2.08. The fourth-order valence-electron chi connectivity index (χ4n) is 1.65. The van der Waals surface area contributed by atoms with E-state index in [1.54, 1.807) is 24.3 Å². The van der Waals surface area contributed by atoms with Gasteiger partial charge in [0.1, 0.15) is 0 Å². The standard InChI is InChI=1S/C16H25N3O2/c1-18(2)12-10-15(11-13-19(3)4)17-21-16(20)14-8-6-5-7-9-14/h5-9H,10-13H2,1-4H3. The van der Waals surface area contributed by atoms with Crippen molar-refractivity contribution in [1.29, 1.82) is 0 Å². The zero-order chi connectivity index (χ0) is 15.7. The van der Waals surface area contributed by atoms with Crippen molar-refractivity contribution in [3.8, 4) is 0 Å². The molecule has 21 heavy (non-hydrogen) atoms. The van der Waals surface area contributed by atoms with Gasteiger partial charge in [-0.05, 0) is 40.3 Å². The number of rotatable bonds is 8. The second kappa shape index (κ2) is 9.26. The normalized spacial score (nSPS) is 10.8. The molecule has 0 unspecified atom stereocenters. The number of carbonyl (C=O) groups is 1. The van der Waals surface area contributed by atoms with Crippen LogP contribution < -0.4 is 0 Å². The van der Waals surface area contributed by atoms with E-state index in [1.165, 1.54) is 0 Å². The molecule has 0 amide bonds. The first-order valence-corrected chi connectivity index (χ1v) is 7.10. The van der Waals surface area contributed by atoms with Gasteiger partial charge in [0.25, 0.3) is 0 Å². The maximum absolute atomic E-state index is 11.9. The van der Waals surface area contributed by atoms with Crippen LogP contribution in [0.1, 0.15) is 23.2 Å². The van der Waals surface area contributed by atoms with Gasteiger partial charge in [0, 0.05) is 25.9 Å². The lowest BCUT2D eigenvalue weighted by Crippen LogP contribution is -2.21. The third kappa shape index (κ3) is 7.58. The van der Waals surface area contributed by atoms with Crippen LogP contribution in [0.15, 0.2) is 35.5 Å². The number of nitrogens with zero attached hydrogens (tertiary/aromatic N) is 3. The van der Waals surface area contributed by atoms with E-state index in [2.05, 4.69) is 15.0 Å². The summed E-state index contributed by atoms with van der Waals surface area (Å²) >= 11 is 0. The lowest BCUT2D eigenvalue weighted by molar-refractivity contribution is 0.0514. The van der Waals surface area contributed by atoms with Gasteiger partial charge in [-0.3, -0.25) is 0 Å². The van der Waals surface area contributed by atoms with Crippen LogP contribution >= 0.6 is 0 Å². The molecule has 0 aromatic heterocycles. The minimum absolute atomic E-state index is 0.414. The molecule has 0 saturated carbocycles. The molecule has 0 aliphatic rings. The van der Waals surface area contributed by atoms with Crippen LogP contribution in [0.3, 0.4) is 0 Å². The summed E-state index contributed by atoms with van der Waals surface area (Å²) in [5, 5.41) is 4.06. The zero-order valence-corrected chi connectivity index (χ0v) is 13.4. The van der Waals surface area contributed by atoms with Crippen LogP contribution in [0.4, 0.5) is 0 Å². The maximum Gasteiger partial charge on any atom is 0.365 e. The summed E-state index contributed by atoms with van der Waals surface area (Å²) in [6, 6.07) is 8.91. The largest absolute Gasteiger partial charge is 0.365 e. The molecule has 0 spiro atoms. The summed E-state index contributed by atoms with van der Waals surface area (Å²) in [4.78, 5) is 21.1. The molecule has 5 heteroatoms. The summed E-state index contributed by atoms with van der Waals surface area (Å²) < 4.78 is 0. The maximum atomic E-state index is 11.9. The van der Waals surface area contributed by atoms with E-state index < -0.39 is 5.97 Å². The summed E-state index contributed by atoms with van der Waals surface area (Å²) in [5.41, 5.74) is 1.42. The molecule has 5 nitrogen and oxygen atoms in total. The molecule has 0 radical (unpaired) electrons. The first-order chi connectivity index (χ1) is 9.99. The van der Waals surface area contributed by atoms with E-state index in [0.29, 0.717) is 5.56 Å². The van der Waals surface area contributed by atoms with Gasteiger partial charge in [0.2, 0.25) is 0 Å². The van der Waals surface area contributed by atoms with Crippen LogP contribution in [0.25, 0.3) is 0 Å². The minimum atomic E-state index is -0.414. The molecule has 0 aliphatic carbocycles. The average molecular weight is 291 g/mol. The third-order valence-electron chi connectivity index (χ3n) is 2.96. The molecule has 0 saturated heterocycles. The number of oxime groups is 1. The molecule has 0 fully saturated rings. The number of benzene rings is 1. The van der Waals surface area contributed by atoms with Crippen LogP contribution in [0, 0.1) is 0 Å². The first-order valence-electron chi connectivity index (χ1n) is 7.10. The Labute approximate surface area is 127 Å². The molecular formula is C16H25N3O2. The van der Waals surface area contributed by atoms with Crippen molar-refractivity contribution in [2.75, 3.05) is 41.3 Å². The fourth-order valence-corrected chi connectivity index (χ4v) is 1.65. The lowest BCUT2D eigenvalue weighted by Gasteiger charge is -2.13. The highest BCUT2D eigenvalue weighted by atomic mass is 16.7.